The van der Waals surface area contributed by atoms with E-state index < -0.39 is 23.6 Å². The molecule has 0 aromatic heterocycles. The van der Waals surface area contributed by atoms with E-state index in [0.29, 0.717) is 30.9 Å². The Morgan fingerprint density at radius 3 is 2.70 bits per heavy atom. The van der Waals surface area contributed by atoms with Gasteiger partial charge in [-0.1, -0.05) is 11.6 Å². The molecule has 1 amide bonds. The van der Waals surface area contributed by atoms with E-state index in [4.69, 9.17) is 11.6 Å². The molecule has 1 unspecified atom stereocenters. The minimum Gasteiger partial charge on any atom is -0.312 e. The van der Waals surface area contributed by atoms with Crippen molar-refractivity contribution in [2.45, 2.75) is 6.18 Å². The first kappa shape index (κ1) is 15.4. The number of halogens is 5. The van der Waals surface area contributed by atoms with Gasteiger partial charge in [-0.15, -0.1) is 12.4 Å². The summed E-state index contributed by atoms with van der Waals surface area (Å²) in [5.74, 6) is -1.76. The fraction of sp³-hybridized carbons (Fsp3) is 0.417. The van der Waals surface area contributed by atoms with Gasteiger partial charge < -0.3 is 10.2 Å². The molecular weight excluding hydrogens is 316 g/mol. The van der Waals surface area contributed by atoms with Gasteiger partial charge in [-0.25, -0.2) is 0 Å². The van der Waals surface area contributed by atoms with Crippen LogP contribution in [0, 0.1) is 5.92 Å². The number of allylic oxidation sites excluding steroid dienone is 3. The molecule has 1 aliphatic carbocycles. The van der Waals surface area contributed by atoms with Gasteiger partial charge in [0.1, 0.15) is 0 Å². The Kier molecular flexibility index (Phi) is 3.92. The van der Waals surface area contributed by atoms with E-state index in [1.165, 1.54) is 11.0 Å². The second-order valence-electron chi connectivity index (χ2n) is 4.63. The molecule has 0 radical (unpaired) electrons. The number of hydrogen-bond donors (Lipinski definition) is 1. The summed E-state index contributed by atoms with van der Waals surface area (Å²) in [7, 11) is 0. The van der Waals surface area contributed by atoms with Crippen LogP contribution in [0.5, 0.6) is 0 Å². The molecule has 0 saturated carbocycles. The smallest absolute Gasteiger partial charge is 0.312 e. The molecule has 1 N–H and O–H groups in total. The van der Waals surface area contributed by atoms with Crippen molar-refractivity contribution in [1.29, 1.82) is 0 Å². The summed E-state index contributed by atoms with van der Waals surface area (Å²) in [6, 6.07) is 0. The highest BCUT2D eigenvalue weighted by Crippen LogP contribution is 2.46. The van der Waals surface area contributed by atoms with Crippen LogP contribution in [0.25, 0.3) is 0 Å². The third-order valence-electron chi connectivity index (χ3n) is 3.51. The number of fused-ring (bicyclic) bond motifs is 2. The van der Waals surface area contributed by atoms with Crippen molar-refractivity contribution in [2.24, 2.45) is 5.92 Å². The average molecular weight is 327 g/mol. The normalized spacial score (nSPS) is 25.7. The van der Waals surface area contributed by atoms with Crippen LogP contribution in [0.3, 0.4) is 0 Å². The van der Waals surface area contributed by atoms with Gasteiger partial charge in [-0.3, -0.25) is 4.79 Å². The quantitative estimate of drug-likeness (QED) is 0.741. The summed E-state index contributed by atoms with van der Waals surface area (Å²) in [4.78, 5) is 13.6. The summed E-state index contributed by atoms with van der Waals surface area (Å²) in [6.07, 6.45) is -2.25. The van der Waals surface area contributed by atoms with Crippen molar-refractivity contribution >= 4 is 29.9 Å². The molecule has 1 atom stereocenters. The maximum atomic E-state index is 13.0. The van der Waals surface area contributed by atoms with Crippen LogP contribution in [0.2, 0.25) is 0 Å². The predicted octanol–water partition coefficient (Wildman–Crippen LogP) is 2.35. The lowest BCUT2D eigenvalue weighted by molar-refractivity contribution is -0.135. The maximum Gasteiger partial charge on any atom is 0.413 e. The minimum atomic E-state index is -4.55. The standard InChI is InChI=1S/C12H10ClF3N2O.ClH/c13-6-3-7-9-5-17-1-2-18(9)11(19)10(7)8(4-6)12(14,15)16;/h3-4,10,17H,1-2,5H2;1H. The van der Waals surface area contributed by atoms with Gasteiger partial charge in [-0.05, 0) is 17.7 Å². The van der Waals surface area contributed by atoms with Crippen molar-refractivity contribution in [3.8, 4) is 0 Å². The topological polar surface area (TPSA) is 32.3 Å². The molecule has 0 aromatic carbocycles. The van der Waals surface area contributed by atoms with Crippen molar-refractivity contribution in [2.75, 3.05) is 19.6 Å². The molecule has 0 aromatic rings. The van der Waals surface area contributed by atoms with E-state index in [1.807, 2.05) is 0 Å². The first-order valence-corrected chi connectivity index (χ1v) is 6.18. The molecule has 3 rings (SSSR count). The predicted molar refractivity (Wildman–Crippen MR) is 70.4 cm³/mol. The van der Waals surface area contributed by atoms with Gasteiger partial charge in [-0.2, -0.15) is 13.2 Å². The maximum absolute atomic E-state index is 13.0. The molecule has 20 heavy (non-hydrogen) atoms. The molecule has 2 aliphatic heterocycles. The molecule has 2 heterocycles. The van der Waals surface area contributed by atoms with Gasteiger partial charge in [0.15, 0.2) is 0 Å². The Hall–Kier alpha value is -0.980. The Morgan fingerprint density at radius 1 is 1.35 bits per heavy atom. The molecule has 0 spiro atoms. The summed E-state index contributed by atoms with van der Waals surface area (Å²) in [5, 5.41) is 3.06. The van der Waals surface area contributed by atoms with Gasteiger partial charge in [0, 0.05) is 30.4 Å². The number of alkyl halides is 3. The molecule has 8 heteroatoms. The molecule has 1 fully saturated rings. The number of rotatable bonds is 0. The third kappa shape index (κ3) is 2.25. The van der Waals surface area contributed by atoms with Crippen LogP contribution in [0.4, 0.5) is 13.2 Å². The van der Waals surface area contributed by atoms with Gasteiger partial charge in [0.25, 0.3) is 0 Å². The van der Waals surface area contributed by atoms with Gasteiger partial charge in [0.05, 0.1) is 11.5 Å². The summed E-state index contributed by atoms with van der Waals surface area (Å²) in [5.41, 5.74) is 0.105. The lowest BCUT2D eigenvalue weighted by Crippen LogP contribution is -2.43. The second kappa shape index (κ2) is 5.09. The Labute approximate surface area is 124 Å². The highest BCUT2D eigenvalue weighted by molar-refractivity contribution is 6.31. The average Bonchev–Trinajstić information content (AvgIpc) is 2.62. The van der Waals surface area contributed by atoms with E-state index in [9.17, 15) is 18.0 Å². The van der Waals surface area contributed by atoms with Crippen LogP contribution >= 0.6 is 24.0 Å². The zero-order chi connectivity index (χ0) is 13.8. The second-order valence-corrected chi connectivity index (χ2v) is 5.06. The first-order valence-electron chi connectivity index (χ1n) is 5.80. The lowest BCUT2D eigenvalue weighted by atomic mass is 9.87. The van der Waals surface area contributed by atoms with E-state index in [-0.39, 0.29) is 17.4 Å². The van der Waals surface area contributed by atoms with Crippen LogP contribution < -0.4 is 5.32 Å². The summed E-state index contributed by atoms with van der Waals surface area (Å²) >= 11 is 5.76. The molecular formula is C12H11Cl2F3N2O. The van der Waals surface area contributed by atoms with Crippen molar-refractivity contribution in [3.05, 3.63) is 34.0 Å². The highest BCUT2D eigenvalue weighted by Gasteiger charge is 2.50. The first-order chi connectivity index (χ1) is 8.89. The molecule has 3 nitrogen and oxygen atoms in total. The molecule has 1 saturated heterocycles. The zero-order valence-electron chi connectivity index (χ0n) is 10.1. The Balaban J connectivity index is 0.00000147. The largest absolute Gasteiger partial charge is 0.413 e. The van der Waals surface area contributed by atoms with E-state index >= 15 is 0 Å². The van der Waals surface area contributed by atoms with E-state index in [0.717, 1.165) is 6.08 Å². The SMILES string of the molecule is Cl.O=C1C2C(C(F)(F)F)=CC(Cl)=CC2=C2CNCCN12. The minimum absolute atomic E-state index is 0. The number of nitrogens with zero attached hydrogens (tertiary/aromatic N) is 1. The summed E-state index contributed by atoms with van der Waals surface area (Å²) in [6.45, 7) is 1.37. The van der Waals surface area contributed by atoms with Crippen LogP contribution in [-0.2, 0) is 4.79 Å². The van der Waals surface area contributed by atoms with E-state index in [2.05, 4.69) is 5.32 Å². The fourth-order valence-electron chi connectivity index (χ4n) is 2.72. The summed E-state index contributed by atoms with van der Waals surface area (Å²) < 4.78 is 39.1. The fourth-order valence-corrected chi connectivity index (χ4v) is 2.95. The van der Waals surface area contributed by atoms with Crippen LogP contribution in [0.15, 0.2) is 34.0 Å². The van der Waals surface area contributed by atoms with Crippen LogP contribution in [-0.4, -0.2) is 36.6 Å². The van der Waals surface area contributed by atoms with Gasteiger partial charge in [0.2, 0.25) is 5.91 Å². The number of carbonyl (C=O) groups excluding carboxylic acids is 1. The zero-order valence-corrected chi connectivity index (χ0v) is 11.7. The molecule has 110 valence electrons. The van der Waals surface area contributed by atoms with Gasteiger partial charge >= 0.3 is 6.18 Å². The third-order valence-corrected chi connectivity index (χ3v) is 3.73. The monoisotopic (exact) mass is 326 g/mol. The number of amides is 1. The van der Waals surface area contributed by atoms with Crippen molar-refractivity contribution < 1.29 is 18.0 Å². The van der Waals surface area contributed by atoms with Crippen molar-refractivity contribution in [1.82, 2.24) is 10.2 Å². The Morgan fingerprint density at radius 2 is 2.05 bits per heavy atom. The van der Waals surface area contributed by atoms with E-state index in [1.54, 1.807) is 0 Å². The molecule has 0 bridgehead atoms. The number of piperazine rings is 1. The Bertz CT molecular complexity index is 551. The van der Waals surface area contributed by atoms with Crippen LogP contribution in [0.1, 0.15) is 0 Å². The van der Waals surface area contributed by atoms with Crippen molar-refractivity contribution in [3.63, 3.8) is 0 Å². The molecule has 3 aliphatic rings. The lowest BCUT2D eigenvalue weighted by Gasteiger charge is -2.26. The number of carbonyl (C=O) groups is 1. The highest BCUT2D eigenvalue weighted by atomic mass is 35.5. The number of nitrogens with one attached hydrogen (secondary N) is 1. The number of hydrogen-bond acceptors (Lipinski definition) is 2.